The third-order valence-electron chi connectivity index (χ3n) is 4.63. The standard InChI is InChI=1S/C21H18BrNO/c22-17-11-6-4-8-14(17)21-20(15-9-5-7-12-18(15)23-21)16-10-2-1-3-13-19(16)24/h4-12,23H,1-3,13H2. The topological polar surface area (TPSA) is 32.9 Å². The zero-order valence-corrected chi connectivity index (χ0v) is 14.9. The number of H-pyrrole nitrogens is 1. The molecule has 3 heteroatoms. The molecule has 1 aliphatic rings. The van der Waals surface area contributed by atoms with Crippen LogP contribution in [-0.4, -0.2) is 10.8 Å². The number of allylic oxidation sites excluding steroid dienone is 2. The summed E-state index contributed by atoms with van der Waals surface area (Å²) in [5, 5.41) is 1.12. The first-order valence-corrected chi connectivity index (χ1v) is 9.14. The van der Waals surface area contributed by atoms with Crippen LogP contribution in [0.3, 0.4) is 0 Å². The van der Waals surface area contributed by atoms with E-state index >= 15 is 0 Å². The van der Waals surface area contributed by atoms with Crippen molar-refractivity contribution in [3.63, 3.8) is 0 Å². The number of nitrogens with one attached hydrogen (secondary N) is 1. The molecule has 2 aromatic carbocycles. The van der Waals surface area contributed by atoms with Crippen molar-refractivity contribution < 1.29 is 4.79 Å². The Balaban J connectivity index is 2.03. The second-order valence-corrected chi connectivity index (χ2v) is 7.04. The first-order valence-electron chi connectivity index (χ1n) is 8.35. The largest absolute Gasteiger partial charge is 0.354 e. The summed E-state index contributed by atoms with van der Waals surface area (Å²) in [7, 11) is 0. The summed E-state index contributed by atoms with van der Waals surface area (Å²) in [6.45, 7) is 0. The number of hydrogen-bond donors (Lipinski definition) is 1. The Bertz CT molecular complexity index is 951. The maximum atomic E-state index is 12.7. The third kappa shape index (κ3) is 2.63. The van der Waals surface area contributed by atoms with Gasteiger partial charge in [0.25, 0.3) is 0 Å². The molecule has 1 aromatic heterocycles. The molecule has 0 atom stereocenters. The van der Waals surface area contributed by atoms with Gasteiger partial charge in [-0.1, -0.05) is 58.4 Å². The number of ketones is 1. The summed E-state index contributed by atoms with van der Waals surface area (Å²) < 4.78 is 1.03. The molecule has 24 heavy (non-hydrogen) atoms. The van der Waals surface area contributed by atoms with Gasteiger partial charge in [-0.3, -0.25) is 4.79 Å². The highest BCUT2D eigenvalue weighted by Crippen LogP contribution is 2.39. The summed E-state index contributed by atoms with van der Waals surface area (Å²) in [5.74, 6) is 0.255. The average Bonchev–Trinajstić information content (AvgIpc) is 2.84. The molecule has 1 aliphatic carbocycles. The van der Waals surface area contributed by atoms with Crippen molar-refractivity contribution >= 4 is 38.2 Å². The van der Waals surface area contributed by atoms with Crippen molar-refractivity contribution in [3.05, 3.63) is 64.6 Å². The Morgan fingerprint density at radius 3 is 2.62 bits per heavy atom. The molecule has 0 fully saturated rings. The fourth-order valence-corrected chi connectivity index (χ4v) is 3.94. The SMILES string of the molecule is O=C1CCCCC=C1c1c(-c2ccccc2Br)[nH]c2ccccc12. The normalized spacial score (nSPS) is 15.4. The Hall–Kier alpha value is -2.13. The monoisotopic (exact) mass is 379 g/mol. The molecule has 2 nitrogen and oxygen atoms in total. The van der Waals surface area contributed by atoms with E-state index in [1.54, 1.807) is 0 Å². The Labute approximate surface area is 149 Å². The molecule has 0 bridgehead atoms. The van der Waals surface area contributed by atoms with E-state index in [1.165, 1.54) is 0 Å². The van der Waals surface area contributed by atoms with E-state index in [0.29, 0.717) is 6.42 Å². The number of hydrogen-bond acceptors (Lipinski definition) is 1. The second-order valence-electron chi connectivity index (χ2n) is 6.19. The van der Waals surface area contributed by atoms with Gasteiger partial charge in [0.2, 0.25) is 0 Å². The van der Waals surface area contributed by atoms with E-state index in [-0.39, 0.29) is 5.78 Å². The summed E-state index contributed by atoms with van der Waals surface area (Å²) >= 11 is 3.65. The lowest BCUT2D eigenvalue weighted by Gasteiger charge is -2.09. The Kier molecular flexibility index (Phi) is 4.11. The number of carbonyl (C=O) groups excluding carboxylic acids is 1. The molecule has 120 valence electrons. The van der Waals surface area contributed by atoms with Crippen molar-refractivity contribution in [3.8, 4) is 11.3 Å². The lowest BCUT2D eigenvalue weighted by Crippen LogP contribution is -2.01. The minimum atomic E-state index is 0.255. The van der Waals surface area contributed by atoms with Gasteiger partial charge in [-0.15, -0.1) is 0 Å². The van der Waals surface area contributed by atoms with Crippen molar-refractivity contribution in [1.29, 1.82) is 0 Å². The van der Waals surface area contributed by atoms with Gasteiger partial charge in [0.1, 0.15) is 0 Å². The number of fused-ring (bicyclic) bond motifs is 1. The van der Waals surface area contributed by atoms with E-state index in [9.17, 15) is 4.79 Å². The number of halogens is 1. The highest BCUT2D eigenvalue weighted by atomic mass is 79.9. The molecular weight excluding hydrogens is 362 g/mol. The fourth-order valence-electron chi connectivity index (χ4n) is 3.45. The van der Waals surface area contributed by atoms with E-state index in [4.69, 9.17) is 0 Å². The molecule has 0 unspecified atom stereocenters. The molecule has 0 aliphatic heterocycles. The second kappa shape index (κ2) is 6.40. The van der Waals surface area contributed by atoms with Gasteiger partial charge in [0.05, 0.1) is 5.69 Å². The number of aromatic nitrogens is 1. The quantitative estimate of drug-likeness (QED) is 0.571. The zero-order chi connectivity index (χ0) is 16.5. The smallest absolute Gasteiger partial charge is 0.163 e. The lowest BCUT2D eigenvalue weighted by atomic mass is 9.94. The number of aromatic amines is 1. The van der Waals surface area contributed by atoms with E-state index < -0.39 is 0 Å². The first-order chi connectivity index (χ1) is 11.8. The van der Waals surface area contributed by atoms with E-state index in [0.717, 1.165) is 57.0 Å². The highest BCUT2D eigenvalue weighted by molar-refractivity contribution is 9.10. The molecule has 0 radical (unpaired) electrons. The van der Waals surface area contributed by atoms with Gasteiger partial charge in [0.15, 0.2) is 5.78 Å². The van der Waals surface area contributed by atoms with E-state index in [2.05, 4.69) is 45.2 Å². The van der Waals surface area contributed by atoms with Crippen LogP contribution in [0.15, 0.2) is 59.1 Å². The number of Topliss-reactive ketones (excluding diaryl/α,β-unsaturated/α-hetero) is 1. The van der Waals surface area contributed by atoms with Crippen LogP contribution < -0.4 is 0 Å². The minimum absolute atomic E-state index is 0.255. The maximum Gasteiger partial charge on any atom is 0.163 e. The molecule has 3 aromatic rings. The third-order valence-corrected chi connectivity index (χ3v) is 5.32. The van der Waals surface area contributed by atoms with E-state index in [1.807, 2.05) is 30.3 Å². The minimum Gasteiger partial charge on any atom is -0.354 e. The van der Waals surface area contributed by atoms with Gasteiger partial charge < -0.3 is 4.98 Å². The molecular formula is C21H18BrNO. The van der Waals surface area contributed by atoms with Gasteiger partial charge in [-0.25, -0.2) is 0 Å². The van der Waals surface area contributed by atoms with Crippen LogP contribution in [0.5, 0.6) is 0 Å². The number of carbonyl (C=O) groups is 1. The van der Waals surface area contributed by atoms with Gasteiger partial charge in [0, 0.05) is 38.5 Å². The van der Waals surface area contributed by atoms with Crippen LogP contribution in [0.2, 0.25) is 0 Å². The fraction of sp³-hybridized carbons (Fsp3) is 0.190. The summed E-state index contributed by atoms with van der Waals surface area (Å²) in [4.78, 5) is 16.3. The summed E-state index contributed by atoms with van der Waals surface area (Å²) in [6, 6.07) is 16.4. The zero-order valence-electron chi connectivity index (χ0n) is 13.3. The van der Waals surface area contributed by atoms with Crippen LogP contribution in [0, 0.1) is 0 Å². The van der Waals surface area contributed by atoms with Crippen LogP contribution in [-0.2, 0) is 4.79 Å². The van der Waals surface area contributed by atoms with Gasteiger partial charge in [-0.05, 0) is 31.4 Å². The maximum absolute atomic E-state index is 12.7. The molecule has 1 N–H and O–H groups in total. The molecule has 0 spiro atoms. The number of para-hydroxylation sites is 1. The predicted molar refractivity (Wildman–Crippen MR) is 103 cm³/mol. The van der Waals surface area contributed by atoms with Gasteiger partial charge in [-0.2, -0.15) is 0 Å². The number of benzene rings is 2. The lowest BCUT2D eigenvalue weighted by molar-refractivity contribution is -0.113. The average molecular weight is 380 g/mol. The molecule has 0 amide bonds. The molecule has 4 rings (SSSR count). The van der Waals surface area contributed by atoms with Crippen molar-refractivity contribution in [1.82, 2.24) is 4.98 Å². The first kappa shape index (κ1) is 15.4. The Morgan fingerprint density at radius 2 is 1.75 bits per heavy atom. The summed E-state index contributed by atoms with van der Waals surface area (Å²) in [5.41, 5.74) is 5.09. The van der Waals surface area contributed by atoms with Gasteiger partial charge >= 0.3 is 0 Å². The van der Waals surface area contributed by atoms with Crippen LogP contribution in [0.1, 0.15) is 31.2 Å². The Morgan fingerprint density at radius 1 is 0.958 bits per heavy atom. The molecule has 1 heterocycles. The highest BCUT2D eigenvalue weighted by Gasteiger charge is 2.23. The molecule has 0 saturated heterocycles. The van der Waals surface area contributed by atoms with Crippen molar-refractivity contribution in [2.45, 2.75) is 25.7 Å². The number of rotatable bonds is 2. The summed E-state index contributed by atoms with van der Waals surface area (Å²) in [6.07, 6.45) is 5.80. The van der Waals surface area contributed by atoms with Crippen molar-refractivity contribution in [2.24, 2.45) is 0 Å². The van der Waals surface area contributed by atoms with Crippen molar-refractivity contribution in [2.75, 3.05) is 0 Å². The molecule has 0 saturated carbocycles. The predicted octanol–water partition coefficient (Wildman–Crippen LogP) is 6.12. The van der Waals surface area contributed by atoms with Crippen LogP contribution in [0.4, 0.5) is 0 Å². The van der Waals surface area contributed by atoms with Crippen LogP contribution in [0.25, 0.3) is 27.7 Å². The van der Waals surface area contributed by atoms with Crippen LogP contribution >= 0.6 is 15.9 Å².